The topological polar surface area (TPSA) is 80.7 Å². The van der Waals surface area contributed by atoms with E-state index >= 15 is 0 Å². The summed E-state index contributed by atoms with van der Waals surface area (Å²) in [5, 5.41) is 1.75. The van der Waals surface area contributed by atoms with Gasteiger partial charge in [0.25, 0.3) is 0 Å². The molecule has 1 aliphatic rings. The number of terminal acetylenes is 2. The van der Waals surface area contributed by atoms with Crippen molar-refractivity contribution < 1.29 is 26.7 Å². The number of aryl methyl sites for hydroxylation is 1. The van der Waals surface area contributed by atoms with Crippen molar-refractivity contribution in [2.75, 3.05) is 19.6 Å². The van der Waals surface area contributed by atoms with Crippen molar-refractivity contribution in [1.82, 2.24) is 9.47 Å². The van der Waals surface area contributed by atoms with Gasteiger partial charge in [0.15, 0.2) is 5.78 Å². The normalized spacial score (nSPS) is 9.48. The maximum atomic E-state index is 13.1. The van der Waals surface area contributed by atoms with Crippen LogP contribution in [0.15, 0.2) is 35.6 Å². The highest BCUT2D eigenvalue weighted by Gasteiger charge is 2.20. The number of nitrogens with zero attached hydrogens (tertiary/aromatic N) is 3. The fourth-order valence-corrected chi connectivity index (χ4v) is 3.71. The van der Waals surface area contributed by atoms with Gasteiger partial charge in [0.2, 0.25) is 0 Å². The molecule has 0 spiro atoms. The summed E-state index contributed by atoms with van der Waals surface area (Å²) in [5.41, 5.74) is 3.58. The molecule has 44 heavy (non-hydrogen) atoms. The van der Waals surface area contributed by atoms with Gasteiger partial charge in [-0.05, 0) is 165 Å². The number of rotatable bonds is 4. The van der Waals surface area contributed by atoms with Crippen LogP contribution in [0.25, 0.3) is 5.69 Å². The van der Waals surface area contributed by atoms with E-state index < -0.39 is 0 Å². The summed E-state index contributed by atoms with van der Waals surface area (Å²) in [6, 6.07) is 8.31. The second-order valence-electron chi connectivity index (χ2n) is 8.15. The molecule has 1 aromatic heterocycles. The lowest BCUT2D eigenvalue weighted by Crippen LogP contribution is -2.27. The summed E-state index contributed by atoms with van der Waals surface area (Å²) in [7, 11) is 0. The molecular formula is C36H44F2N4O2. The van der Waals surface area contributed by atoms with Crippen LogP contribution < -0.4 is 5.84 Å². The zero-order chi connectivity index (χ0) is 31.7. The number of nitrogens with two attached hydrogens (primary N) is 1. The molecule has 1 fully saturated rings. The van der Waals surface area contributed by atoms with E-state index in [1.807, 2.05) is 24.5 Å². The first-order valence-corrected chi connectivity index (χ1v) is 12.5. The first kappa shape index (κ1) is 37.4. The summed E-state index contributed by atoms with van der Waals surface area (Å²) in [4.78, 5) is 23.1. The minimum atomic E-state index is -0.253. The molecule has 0 bridgehead atoms. The van der Waals surface area contributed by atoms with Crippen molar-refractivity contribution in [3.8, 4) is 113 Å². The molecule has 0 saturated carbocycles. The Kier molecular flexibility index (Phi) is 19.7. The quantitative estimate of drug-likeness (QED) is 0.158. The van der Waals surface area contributed by atoms with Crippen molar-refractivity contribution in [3.63, 3.8) is 0 Å². The van der Waals surface area contributed by atoms with Crippen LogP contribution in [0.5, 0.6) is 0 Å². The van der Waals surface area contributed by atoms with Gasteiger partial charge in [0.05, 0.1) is 6.54 Å². The summed E-state index contributed by atoms with van der Waals surface area (Å²) in [6.45, 7) is 6.45. The fraction of sp³-hybridized carbons (Fsp3) is 0.194. The number of hydrogen-bond acceptors (Lipinski definition) is 4. The van der Waals surface area contributed by atoms with E-state index in [4.69, 9.17) is 17.8 Å². The Morgan fingerprint density at radius 2 is 1.23 bits per heavy atom. The van der Waals surface area contributed by atoms with E-state index in [2.05, 4.69) is 105 Å². The summed E-state index contributed by atoms with van der Waals surface area (Å²) < 4.78 is 15.1. The fourth-order valence-electron chi connectivity index (χ4n) is 3.71. The lowest BCUT2D eigenvalue weighted by Gasteiger charge is -2.13. The third kappa shape index (κ3) is 14.7. The molecule has 0 unspecified atom stereocenters. The van der Waals surface area contributed by atoms with E-state index in [0.29, 0.717) is 6.54 Å². The molecular weight excluding hydrogens is 558 g/mol. The molecule has 3 rings (SSSR count). The number of halogens is 2. The Labute approximate surface area is 271 Å². The molecule has 6 nitrogen and oxygen atoms in total. The largest absolute Gasteiger partial charge is 0.318 e. The highest BCUT2D eigenvalue weighted by Crippen LogP contribution is 2.22. The SMILES string of the molecule is C#CC#CC#CC#CC#CC#CC#CC#CC#C.Cc1cc(C(=O)CN2CCCC2)c(C)n1-c1ccc(F)cc1.F.NN=O.[HH].[HH].[HH].[HH].[HH].[HH].[HH].[HH].[HH]. The van der Waals surface area contributed by atoms with Gasteiger partial charge in [0.1, 0.15) is 5.82 Å². The molecule has 0 aliphatic carbocycles. The number of carbonyl (C=O) groups excluding carboxylic acids is 1. The van der Waals surface area contributed by atoms with E-state index in [0.717, 1.165) is 35.7 Å². The van der Waals surface area contributed by atoms with Crippen molar-refractivity contribution in [3.05, 3.63) is 58.0 Å². The molecule has 1 aromatic carbocycles. The van der Waals surface area contributed by atoms with E-state index in [-0.39, 0.29) is 29.1 Å². The number of Topliss-reactive ketones (excluding diaryl/α,β-unsaturated/α-hetero) is 1. The van der Waals surface area contributed by atoms with Crippen LogP contribution in [0.3, 0.4) is 0 Å². The van der Waals surface area contributed by atoms with Gasteiger partial charge in [-0.15, -0.1) is 17.8 Å². The minimum Gasteiger partial charge on any atom is -0.318 e. The smallest absolute Gasteiger partial charge is 0.178 e. The number of likely N-dealkylation sites (tertiary alicyclic amines) is 1. The minimum absolute atomic E-state index is 0. The maximum Gasteiger partial charge on any atom is 0.178 e. The van der Waals surface area contributed by atoms with Crippen molar-refractivity contribution >= 4 is 5.78 Å². The molecule has 0 amide bonds. The molecule has 0 radical (unpaired) electrons. The van der Waals surface area contributed by atoms with Crippen LogP contribution in [-0.2, 0) is 0 Å². The summed E-state index contributed by atoms with van der Waals surface area (Å²) >= 11 is 0. The Morgan fingerprint density at radius 3 is 1.61 bits per heavy atom. The van der Waals surface area contributed by atoms with Crippen molar-refractivity contribution in [1.29, 1.82) is 0 Å². The Hall–Kier alpha value is -6.57. The number of carbonyl (C=O) groups is 1. The van der Waals surface area contributed by atoms with Gasteiger partial charge in [-0.25, -0.2) is 4.39 Å². The van der Waals surface area contributed by atoms with Gasteiger partial charge >= 0.3 is 0 Å². The van der Waals surface area contributed by atoms with E-state index in [1.165, 1.54) is 25.0 Å². The molecule has 2 N–H and O–H groups in total. The zero-order valence-electron chi connectivity index (χ0n) is 24.1. The Morgan fingerprint density at radius 1 is 0.841 bits per heavy atom. The summed E-state index contributed by atoms with van der Waals surface area (Å²) in [5.74, 6) is 42.1. The average Bonchev–Trinajstić information content (AvgIpc) is 3.61. The third-order valence-electron chi connectivity index (χ3n) is 5.34. The lowest BCUT2D eigenvalue weighted by molar-refractivity contribution is 0.0944. The van der Waals surface area contributed by atoms with Crippen LogP contribution in [0, 0.1) is 132 Å². The number of nitroso groups, excluding NO2 is 1. The predicted octanol–water partition coefficient (Wildman–Crippen LogP) is 5.78. The molecule has 1 aliphatic heterocycles. The lowest BCUT2D eigenvalue weighted by atomic mass is 10.1. The maximum absolute atomic E-state index is 13.1. The Bertz CT molecular complexity index is 1800. The Balaban J connectivity index is -0.0000000699. The van der Waals surface area contributed by atoms with Crippen molar-refractivity contribution in [2.24, 2.45) is 11.1 Å². The van der Waals surface area contributed by atoms with Gasteiger partial charge in [0, 0.05) is 40.8 Å². The van der Waals surface area contributed by atoms with Crippen LogP contribution in [0.1, 0.15) is 47.4 Å². The second-order valence-corrected chi connectivity index (χ2v) is 8.15. The first-order valence-electron chi connectivity index (χ1n) is 12.5. The predicted molar refractivity (Wildman–Crippen MR) is 189 cm³/mol. The molecule has 8 heteroatoms. The van der Waals surface area contributed by atoms with E-state index in [1.54, 1.807) is 17.4 Å². The number of ketones is 1. The monoisotopic (exact) mass is 602 g/mol. The number of aromatic nitrogens is 1. The third-order valence-corrected chi connectivity index (χ3v) is 5.34. The molecule has 2 heterocycles. The second kappa shape index (κ2) is 23.2. The highest BCUT2D eigenvalue weighted by molar-refractivity contribution is 5.99. The zero-order valence-corrected chi connectivity index (χ0v) is 24.1. The van der Waals surface area contributed by atoms with Crippen molar-refractivity contribution in [2.45, 2.75) is 26.7 Å². The van der Waals surface area contributed by atoms with Gasteiger partial charge in [-0.2, -0.15) is 0 Å². The highest BCUT2D eigenvalue weighted by atomic mass is 19.1. The number of hydrogen-bond donors (Lipinski definition) is 1. The molecule has 2 aromatic rings. The summed E-state index contributed by atoms with van der Waals surface area (Å²) in [6.07, 6.45) is 12.1. The van der Waals surface area contributed by atoms with Crippen LogP contribution >= 0.6 is 0 Å². The van der Waals surface area contributed by atoms with Crippen LogP contribution in [0.4, 0.5) is 9.09 Å². The molecule has 234 valence electrons. The molecule has 0 atom stereocenters. The average molecular weight is 603 g/mol. The first-order chi connectivity index (χ1) is 20.9. The van der Waals surface area contributed by atoms with Gasteiger partial charge in [-0.3, -0.25) is 20.2 Å². The van der Waals surface area contributed by atoms with Gasteiger partial charge < -0.3 is 4.57 Å². The van der Waals surface area contributed by atoms with Crippen LogP contribution in [0.2, 0.25) is 0 Å². The molecule has 1 saturated heterocycles. The van der Waals surface area contributed by atoms with Crippen LogP contribution in [-0.4, -0.2) is 34.9 Å². The van der Waals surface area contributed by atoms with E-state index in [9.17, 15) is 9.18 Å². The standard InChI is InChI=1S/C18H21FN2O.C18H2.FH.H2N2O.9H2/c1-13-11-17(18(22)12-20-9-3-4-10-20)14(2)21(13)16-7-5-15(19)6-8-16;1-3-5-7-9-11-13-15-17-18-16-14-12-10-8-6-4-2;;1-2-3;;;;;;;;;/h5-8,11H,3-4,9-10,12H2,1-2H3;1-2H;1H;(H2,1,3);9*1H. The van der Waals surface area contributed by atoms with Gasteiger partial charge in [-0.1, -0.05) is 0 Å². The number of benzene rings is 1.